The van der Waals surface area contributed by atoms with Crippen molar-refractivity contribution in [1.82, 2.24) is 9.97 Å². The van der Waals surface area contributed by atoms with Gasteiger partial charge in [0, 0.05) is 23.8 Å². The lowest BCUT2D eigenvalue weighted by Crippen LogP contribution is -2.10. The molecule has 0 atom stereocenters. The first-order chi connectivity index (χ1) is 9.81. The Kier molecular flexibility index (Phi) is 4.22. The van der Waals surface area contributed by atoms with E-state index in [0.29, 0.717) is 17.3 Å². The van der Waals surface area contributed by atoms with Gasteiger partial charge in [-0.25, -0.2) is 4.98 Å². The van der Waals surface area contributed by atoms with Crippen molar-refractivity contribution in [3.63, 3.8) is 0 Å². The van der Waals surface area contributed by atoms with Crippen molar-refractivity contribution >= 4 is 29.1 Å². The molecule has 0 saturated carbocycles. The summed E-state index contributed by atoms with van der Waals surface area (Å²) in [6, 6.07) is 3.53. The molecule has 0 fully saturated rings. The highest BCUT2D eigenvalue weighted by atomic mass is 35.5. The van der Waals surface area contributed by atoms with Crippen molar-refractivity contribution in [3.05, 3.63) is 40.5 Å². The molecule has 2 aromatic rings. The van der Waals surface area contributed by atoms with Gasteiger partial charge in [-0.05, 0) is 25.1 Å². The Bertz CT molecular complexity index is 658. The fourth-order valence-corrected chi connectivity index (χ4v) is 1.85. The van der Waals surface area contributed by atoms with Crippen LogP contribution in [0.15, 0.2) is 24.4 Å². The van der Waals surface area contributed by atoms with Gasteiger partial charge in [0.1, 0.15) is 5.82 Å². The van der Waals surface area contributed by atoms with Crippen LogP contribution in [0.25, 0.3) is 0 Å². The molecular formula is C13H12ClF3N4. The largest absolute Gasteiger partial charge is 0.418 e. The minimum atomic E-state index is -4.51. The molecule has 0 aliphatic rings. The molecule has 21 heavy (non-hydrogen) atoms. The minimum absolute atomic E-state index is 0.0169. The summed E-state index contributed by atoms with van der Waals surface area (Å²) in [5, 5.41) is 5.43. The van der Waals surface area contributed by atoms with Crippen molar-refractivity contribution in [2.45, 2.75) is 13.1 Å². The predicted molar refractivity (Wildman–Crippen MR) is 76.1 cm³/mol. The van der Waals surface area contributed by atoms with Gasteiger partial charge in [0.2, 0.25) is 5.95 Å². The molecule has 1 aromatic heterocycles. The molecule has 1 aromatic carbocycles. The summed E-state index contributed by atoms with van der Waals surface area (Å²) in [5.41, 5.74) is -0.341. The highest BCUT2D eigenvalue weighted by Gasteiger charge is 2.34. The summed E-state index contributed by atoms with van der Waals surface area (Å²) in [7, 11) is 1.62. The Labute approximate surface area is 124 Å². The van der Waals surface area contributed by atoms with Crippen LogP contribution >= 0.6 is 11.6 Å². The van der Waals surface area contributed by atoms with Gasteiger partial charge in [-0.1, -0.05) is 11.6 Å². The molecule has 4 nitrogen and oxygen atoms in total. The molecular weight excluding hydrogens is 305 g/mol. The van der Waals surface area contributed by atoms with E-state index in [2.05, 4.69) is 20.6 Å². The lowest BCUT2D eigenvalue weighted by Gasteiger charge is -2.15. The van der Waals surface area contributed by atoms with Crippen LogP contribution in [-0.4, -0.2) is 17.0 Å². The molecule has 0 saturated heterocycles. The van der Waals surface area contributed by atoms with Gasteiger partial charge in [0.15, 0.2) is 0 Å². The second kappa shape index (κ2) is 5.77. The Morgan fingerprint density at radius 3 is 2.57 bits per heavy atom. The highest BCUT2D eigenvalue weighted by molar-refractivity contribution is 6.30. The number of alkyl halides is 3. The van der Waals surface area contributed by atoms with E-state index in [1.807, 2.05) is 0 Å². The maximum Gasteiger partial charge on any atom is 0.418 e. The van der Waals surface area contributed by atoms with Crippen LogP contribution in [0.5, 0.6) is 0 Å². The zero-order valence-electron chi connectivity index (χ0n) is 11.2. The summed E-state index contributed by atoms with van der Waals surface area (Å²) < 4.78 is 39.1. The van der Waals surface area contributed by atoms with E-state index >= 15 is 0 Å². The van der Waals surface area contributed by atoms with Crippen LogP contribution < -0.4 is 10.6 Å². The number of hydrogen-bond donors (Lipinski definition) is 2. The van der Waals surface area contributed by atoms with Gasteiger partial charge < -0.3 is 10.6 Å². The average Bonchev–Trinajstić information content (AvgIpc) is 2.42. The summed E-state index contributed by atoms with van der Waals surface area (Å²) in [5.74, 6) is 0.604. The normalized spacial score (nSPS) is 11.3. The van der Waals surface area contributed by atoms with E-state index in [0.717, 1.165) is 6.07 Å². The number of halogens is 4. The monoisotopic (exact) mass is 316 g/mol. The van der Waals surface area contributed by atoms with Crippen LogP contribution in [0, 0.1) is 6.92 Å². The smallest absolute Gasteiger partial charge is 0.357 e. The maximum absolute atomic E-state index is 13.0. The van der Waals surface area contributed by atoms with Gasteiger partial charge >= 0.3 is 6.18 Å². The molecule has 0 aliphatic carbocycles. The number of benzene rings is 1. The van der Waals surface area contributed by atoms with Crippen LogP contribution in [0.3, 0.4) is 0 Å². The molecule has 0 amide bonds. The first-order valence-corrected chi connectivity index (χ1v) is 6.34. The van der Waals surface area contributed by atoms with E-state index in [9.17, 15) is 13.2 Å². The van der Waals surface area contributed by atoms with Gasteiger partial charge in [0.05, 0.1) is 11.3 Å². The molecule has 0 spiro atoms. The quantitative estimate of drug-likeness (QED) is 0.889. The SMILES string of the molecule is CNc1ncc(C)c(Nc2ccc(Cl)cc2C(F)(F)F)n1. The van der Waals surface area contributed by atoms with E-state index < -0.39 is 11.7 Å². The van der Waals surface area contributed by atoms with Gasteiger partial charge in [-0.15, -0.1) is 0 Å². The maximum atomic E-state index is 13.0. The van der Waals surface area contributed by atoms with Gasteiger partial charge in [0.25, 0.3) is 0 Å². The Morgan fingerprint density at radius 2 is 1.95 bits per heavy atom. The number of nitrogens with zero attached hydrogens (tertiary/aromatic N) is 2. The predicted octanol–water partition coefficient (Wildman–Crippen LogP) is 4.24. The summed E-state index contributed by atoms with van der Waals surface area (Å²) in [6.07, 6.45) is -3.00. The fourth-order valence-electron chi connectivity index (χ4n) is 1.68. The molecule has 2 N–H and O–H groups in total. The number of hydrogen-bond acceptors (Lipinski definition) is 4. The van der Waals surface area contributed by atoms with Crippen molar-refractivity contribution < 1.29 is 13.2 Å². The van der Waals surface area contributed by atoms with E-state index in [1.54, 1.807) is 14.0 Å². The van der Waals surface area contributed by atoms with E-state index in [-0.39, 0.29) is 10.7 Å². The number of rotatable bonds is 3. The third kappa shape index (κ3) is 3.55. The van der Waals surface area contributed by atoms with Crippen molar-refractivity contribution in [2.75, 3.05) is 17.7 Å². The topological polar surface area (TPSA) is 49.8 Å². The van der Waals surface area contributed by atoms with Crippen molar-refractivity contribution in [3.8, 4) is 0 Å². The van der Waals surface area contributed by atoms with Crippen LogP contribution in [-0.2, 0) is 6.18 Å². The summed E-state index contributed by atoms with van der Waals surface area (Å²) >= 11 is 5.64. The molecule has 112 valence electrons. The van der Waals surface area contributed by atoms with Crippen LogP contribution in [0.1, 0.15) is 11.1 Å². The lowest BCUT2D eigenvalue weighted by molar-refractivity contribution is -0.136. The Hall–Kier alpha value is -2.02. The molecule has 8 heteroatoms. The average molecular weight is 317 g/mol. The number of nitrogens with one attached hydrogen (secondary N) is 2. The first-order valence-electron chi connectivity index (χ1n) is 5.96. The number of aromatic nitrogens is 2. The Morgan fingerprint density at radius 1 is 1.24 bits per heavy atom. The van der Waals surface area contributed by atoms with E-state index in [4.69, 9.17) is 11.6 Å². The van der Waals surface area contributed by atoms with E-state index in [1.165, 1.54) is 18.3 Å². The second-order valence-corrected chi connectivity index (χ2v) is 4.72. The highest BCUT2D eigenvalue weighted by Crippen LogP contribution is 2.37. The third-order valence-electron chi connectivity index (χ3n) is 2.74. The third-order valence-corrected chi connectivity index (χ3v) is 2.97. The Balaban J connectivity index is 2.45. The first kappa shape index (κ1) is 15.4. The van der Waals surface area contributed by atoms with Gasteiger partial charge in [-0.2, -0.15) is 18.2 Å². The minimum Gasteiger partial charge on any atom is -0.357 e. The molecule has 0 bridgehead atoms. The number of anilines is 3. The molecule has 0 unspecified atom stereocenters. The number of aryl methyl sites for hydroxylation is 1. The zero-order chi connectivity index (χ0) is 15.6. The van der Waals surface area contributed by atoms with Gasteiger partial charge in [-0.3, -0.25) is 0 Å². The second-order valence-electron chi connectivity index (χ2n) is 4.29. The standard InChI is InChI=1S/C13H12ClF3N4/c1-7-6-19-12(18-2)21-11(7)20-10-4-3-8(14)5-9(10)13(15,16)17/h3-6H,1-2H3,(H2,18,19,20,21). The molecule has 1 heterocycles. The molecule has 0 aliphatic heterocycles. The summed E-state index contributed by atoms with van der Waals surface area (Å²) in [6.45, 7) is 1.70. The summed E-state index contributed by atoms with van der Waals surface area (Å²) in [4.78, 5) is 8.08. The van der Waals surface area contributed by atoms with Crippen LogP contribution in [0.4, 0.5) is 30.6 Å². The van der Waals surface area contributed by atoms with Crippen LogP contribution in [0.2, 0.25) is 5.02 Å². The molecule has 0 radical (unpaired) electrons. The van der Waals surface area contributed by atoms with Crippen molar-refractivity contribution in [2.24, 2.45) is 0 Å². The fraction of sp³-hybridized carbons (Fsp3) is 0.231. The zero-order valence-corrected chi connectivity index (χ0v) is 12.0. The molecule has 2 rings (SSSR count). The lowest BCUT2D eigenvalue weighted by atomic mass is 10.1. The van der Waals surface area contributed by atoms with Crippen molar-refractivity contribution in [1.29, 1.82) is 0 Å².